The van der Waals surface area contributed by atoms with Gasteiger partial charge in [0.05, 0.1) is 11.4 Å². The minimum absolute atomic E-state index is 0.0133. The summed E-state index contributed by atoms with van der Waals surface area (Å²) in [6.45, 7) is 0.0659. The van der Waals surface area contributed by atoms with Crippen molar-refractivity contribution in [3.05, 3.63) is 89.2 Å². The molecule has 2 amide bonds. The Kier molecular flexibility index (Phi) is 7.45. The maximum absolute atomic E-state index is 13.9. The monoisotopic (exact) mass is 475 g/mol. The summed E-state index contributed by atoms with van der Waals surface area (Å²) in [6, 6.07) is 17.6. The van der Waals surface area contributed by atoms with E-state index in [4.69, 9.17) is 11.6 Å². The van der Waals surface area contributed by atoms with Gasteiger partial charge in [0, 0.05) is 23.6 Å². The first-order chi connectivity index (χ1) is 15.3. The van der Waals surface area contributed by atoms with E-state index >= 15 is 0 Å². The SMILES string of the molecule is O=C(CCNC(=O)c1ccccc1)Nc1cc(Cl)ccc1NS(=O)(=O)c1ccccc1F. The van der Waals surface area contributed by atoms with Crippen molar-refractivity contribution in [3.8, 4) is 0 Å². The topological polar surface area (TPSA) is 104 Å². The van der Waals surface area contributed by atoms with Crippen molar-refractivity contribution < 1.29 is 22.4 Å². The summed E-state index contributed by atoms with van der Waals surface area (Å²) >= 11 is 5.98. The van der Waals surface area contributed by atoms with Gasteiger partial charge >= 0.3 is 0 Å². The minimum atomic E-state index is -4.25. The van der Waals surface area contributed by atoms with E-state index in [2.05, 4.69) is 15.4 Å². The fourth-order valence-corrected chi connectivity index (χ4v) is 4.10. The summed E-state index contributed by atoms with van der Waals surface area (Å²) < 4.78 is 41.4. The van der Waals surface area contributed by atoms with Crippen LogP contribution in [0.2, 0.25) is 5.02 Å². The Bertz CT molecular complexity index is 1240. The van der Waals surface area contributed by atoms with E-state index in [1.807, 2.05) is 0 Å². The molecule has 0 aromatic heterocycles. The van der Waals surface area contributed by atoms with Crippen LogP contribution in [0.15, 0.2) is 77.7 Å². The van der Waals surface area contributed by atoms with Gasteiger partial charge in [-0.3, -0.25) is 14.3 Å². The quantitative estimate of drug-likeness (QED) is 0.457. The third-order valence-electron chi connectivity index (χ3n) is 4.30. The summed E-state index contributed by atoms with van der Waals surface area (Å²) in [7, 11) is -4.25. The van der Waals surface area contributed by atoms with Crippen LogP contribution >= 0.6 is 11.6 Å². The van der Waals surface area contributed by atoms with E-state index in [1.54, 1.807) is 30.3 Å². The predicted octanol–water partition coefficient (Wildman–Crippen LogP) is 4.04. The number of anilines is 2. The van der Waals surface area contributed by atoms with Crippen LogP contribution in [-0.2, 0) is 14.8 Å². The molecule has 32 heavy (non-hydrogen) atoms. The second-order valence-electron chi connectivity index (χ2n) is 6.65. The standard InChI is InChI=1S/C22H19ClFN3O4S/c23-16-10-11-18(27-32(30,31)20-9-5-4-8-17(20)24)19(14-16)26-21(28)12-13-25-22(29)15-6-2-1-3-7-15/h1-11,14,27H,12-13H2,(H,25,29)(H,26,28). The predicted molar refractivity (Wildman–Crippen MR) is 121 cm³/mol. The highest BCUT2D eigenvalue weighted by atomic mass is 35.5. The lowest BCUT2D eigenvalue weighted by molar-refractivity contribution is -0.116. The first-order valence-corrected chi connectivity index (χ1v) is 11.3. The van der Waals surface area contributed by atoms with Gasteiger partial charge in [-0.2, -0.15) is 0 Å². The molecule has 0 radical (unpaired) electrons. The lowest BCUT2D eigenvalue weighted by atomic mass is 10.2. The smallest absolute Gasteiger partial charge is 0.264 e. The van der Waals surface area contributed by atoms with Crippen molar-refractivity contribution >= 4 is 44.8 Å². The Morgan fingerprint density at radius 1 is 0.906 bits per heavy atom. The Hall–Kier alpha value is -3.43. The van der Waals surface area contributed by atoms with E-state index in [1.165, 1.54) is 30.3 Å². The van der Waals surface area contributed by atoms with Crippen LogP contribution < -0.4 is 15.4 Å². The second-order valence-corrected chi connectivity index (χ2v) is 8.73. The molecule has 3 aromatic rings. The van der Waals surface area contributed by atoms with Crippen LogP contribution in [0.3, 0.4) is 0 Å². The van der Waals surface area contributed by atoms with Crippen LogP contribution in [0.4, 0.5) is 15.8 Å². The van der Waals surface area contributed by atoms with Crippen LogP contribution in [0.1, 0.15) is 16.8 Å². The average molecular weight is 476 g/mol. The van der Waals surface area contributed by atoms with Gasteiger partial charge in [-0.1, -0.05) is 41.9 Å². The van der Waals surface area contributed by atoms with Crippen molar-refractivity contribution in [1.29, 1.82) is 0 Å². The van der Waals surface area contributed by atoms with E-state index in [0.717, 1.165) is 12.1 Å². The number of nitrogens with one attached hydrogen (secondary N) is 3. The molecule has 3 rings (SSSR count). The van der Waals surface area contributed by atoms with Crippen molar-refractivity contribution in [3.63, 3.8) is 0 Å². The number of hydrogen-bond donors (Lipinski definition) is 3. The van der Waals surface area contributed by atoms with Gasteiger partial charge in [0.15, 0.2) is 0 Å². The third kappa shape index (κ3) is 6.05. The second kappa shape index (κ2) is 10.3. The Morgan fingerprint density at radius 3 is 2.31 bits per heavy atom. The molecular weight excluding hydrogens is 457 g/mol. The first-order valence-electron chi connectivity index (χ1n) is 9.46. The Labute approximate surface area is 189 Å². The summed E-state index contributed by atoms with van der Waals surface area (Å²) in [6.07, 6.45) is -0.0649. The molecule has 0 heterocycles. The largest absolute Gasteiger partial charge is 0.352 e. The van der Waals surface area contributed by atoms with E-state index in [-0.39, 0.29) is 35.3 Å². The van der Waals surface area contributed by atoms with Crippen LogP contribution in [0, 0.1) is 5.82 Å². The summed E-state index contributed by atoms with van der Waals surface area (Å²) in [5.41, 5.74) is 0.573. The molecule has 0 atom stereocenters. The number of sulfonamides is 1. The molecule has 0 saturated carbocycles. The van der Waals surface area contributed by atoms with Crippen molar-refractivity contribution in [1.82, 2.24) is 5.32 Å². The van der Waals surface area contributed by atoms with Gasteiger partial charge in [0.2, 0.25) is 5.91 Å². The van der Waals surface area contributed by atoms with E-state index in [0.29, 0.717) is 5.56 Å². The summed E-state index contributed by atoms with van der Waals surface area (Å²) in [5.74, 6) is -1.71. The molecule has 3 aromatic carbocycles. The van der Waals surface area contributed by atoms with E-state index < -0.39 is 26.6 Å². The fourth-order valence-electron chi connectivity index (χ4n) is 2.77. The normalized spacial score (nSPS) is 10.9. The maximum atomic E-state index is 13.9. The van der Waals surface area contributed by atoms with Crippen molar-refractivity contribution in [2.24, 2.45) is 0 Å². The van der Waals surface area contributed by atoms with Crippen molar-refractivity contribution in [2.45, 2.75) is 11.3 Å². The molecule has 10 heteroatoms. The highest BCUT2D eigenvalue weighted by molar-refractivity contribution is 7.92. The Morgan fingerprint density at radius 2 is 1.59 bits per heavy atom. The number of hydrogen-bond acceptors (Lipinski definition) is 4. The highest BCUT2D eigenvalue weighted by Gasteiger charge is 2.20. The number of carbonyl (C=O) groups excluding carboxylic acids is 2. The Balaban J connectivity index is 1.66. The summed E-state index contributed by atoms with van der Waals surface area (Å²) in [5, 5.41) is 5.44. The third-order valence-corrected chi connectivity index (χ3v) is 5.93. The molecule has 0 unspecified atom stereocenters. The summed E-state index contributed by atoms with van der Waals surface area (Å²) in [4.78, 5) is 23.8. The first kappa shape index (κ1) is 23.2. The molecule has 0 saturated heterocycles. The fraction of sp³-hybridized carbons (Fsp3) is 0.0909. The van der Waals surface area contributed by atoms with E-state index in [9.17, 15) is 22.4 Å². The molecular formula is C22H19ClFN3O4S. The zero-order valence-electron chi connectivity index (χ0n) is 16.6. The maximum Gasteiger partial charge on any atom is 0.264 e. The van der Waals surface area contributed by atoms with Gasteiger partial charge in [0.25, 0.3) is 15.9 Å². The van der Waals surface area contributed by atoms with Crippen molar-refractivity contribution in [2.75, 3.05) is 16.6 Å². The van der Waals surface area contributed by atoms with Crippen LogP contribution in [-0.4, -0.2) is 26.8 Å². The molecule has 0 spiro atoms. The molecule has 0 aliphatic heterocycles. The van der Waals surface area contributed by atoms with Crippen LogP contribution in [0.25, 0.3) is 0 Å². The molecule has 166 valence electrons. The zero-order chi connectivity index (χ0) is 23.1. The van der Waals surface area contributed by atoms with Gasteiger partial charge in [0.1, 0.15) is 10.7 Å². The molecule has 0 fully saturated rings. The number of carbonyl (C=O) groups is 2. The number of rotatable bonds is 8. The lowest BCUT2D eigenvalue weighted by Crippen LogP contribution is -2.27. The molecule has 0 bridgehead atoms. The van der Waals surface area contributed by atoms with Gasteiger partial charge in [-0.15, -0.1) is 0 Å². The van der Waals surface area contributed by atoms with Gasteiger partial charge < -0.3 is 10.6 Å². The minimum Gasteiger partial charge on any atom is -0.352 e. The molecule has 7 nitrogen and oxygen atoms in total. The zero-order valence-corrected chi connectivity index (χ0v) is 18.2. The highest BCUT2D eigenvalue weighted by Crippen LogP contribution is 2.28. The number of halogens is 2. The lowest BCUT2D eigenvalue weighted by Gasteiger charge is -2.14. The average Bonchev–Trinajstić information content (AvgIpc) is 2.76. The molecule has 0 aliphatic carbocycles. The van der Waals surface area contributed by atoms with Gasteiger partial charge in [-0.25, -0.2) is 12.8 Å². The molecule has 0 aliphatic rings. The van der Waals surface area contributed by atoms with Gasteiger partial charge in [-0.05, 0) is 42.5 Å². The van der Waals surface area contributed by atoms with Crippen LogP contribution in [0.5, 0.6) is 0 Å². The molecule has 3 N–H and O–H groups in total. The number of amides is 2. The number of benzene rings is 3.